The molecule has 0 atom stereocenters. The van der Waals surface area contributed by atoms with Crippen LogP contribution in [0.15, 0.2) is 30.6 Å². The van der Waals surface area contributed by atoms with Crippen LogP contribution in [0.1, 0.15) is 40.9 Å². The summed E-state index contributed by atoms with van der Waals surface area (Å²) in [5.74, 6) is 6.73. The van der Waals surface area contributed by atoms with Crippen molar-refractivity contribution in [3.63, 3.8) is 0 Å². The van der Waals surface area contributed by atoms with Crippen LogP contribution < -0.4 is 16.0 Å². The first kappa shape index (κ1) is 25.9. The molecule has 1 aliphatic carbocycles. The Morgan fingerprint density at radius 1 is 1.28 bits per heavy atom. The number of nitrogens with zero attached hydrogens (tertiary/aromatic N) is 3. The highest BCUT2D eigenvalue weighted by Gasteiger charge is 2.27. The zero-order valence-electron chi connectivity index (χ0n) is 19.7. The van der Waals surface area contributed by atoms with Gasteiger partial charge in [0.05, 0.1) is 24.9 Å². The highest BCUT2D eigenvalue weighted by molar-refractivity contribution is 7.80. The number of aromatic nitrogens is 3. The molecule has 0 unspecified atom stereocenters. The van der Waals surface area contributed by atoms with Gasteiger partial charge in [0.2, 0.25) is 0 Å². The third-order valence-electron chi connectivity index (χ3n) is 5.59. The molecule has 1 aromatic carbocycles. The molecule has 1 aliphatic rings. The molecule has 190 valence electrons. The Hall–Kier alpha value is -3.23. The number of hydrogen-bond donors (Lipinski definition) is 4. The molecule has 11 heteroatoms. The maximum atomic E-state index is 12.7. The molecular formula is C25H27F3N6OS. The molecule has 0 radical (unpaired) electrons. The first-order chi connectivity index (χ1) is 17.2. The SMILES string of the molecule is Cc1cc(-c2cnc3c(NCCC(F)(F)F)nc(C#CCNCCS)cn23)ccc1C(=O)NC1CC1. The number of carbonyl (C=O) groups excluding carboxylic acids is 1. The van der Waals surface area contributed by atoms with E-state index in [1.54, 1.807) is 22.9 Å². The van der Waals surface area contributed by atoms with Crippen LogP contribution in [-0.4, -0.2) is 57.9 Å². The summed E-state index contributed by atoms with van der Waals surface area (Å²) in [5, 5.41) is 8.86. The number of alkyl halides is 3. The lowest BCUT2D eigenvalue weighted by Crippen LogP contribution is -2.26. The van der Waals surface area contributed by atoms with Crippen molar-refractivity contribution in [3.8, 4) is 23.1 Å². The Bertz CT molecular complexity index is 1310. The second-order valence-corrected chi connectivity index (χ2v) is 9.03. The molecule has 0 aliphatic heterocycles. The second-order valence-electron chi connectivity index (χ2n) is 8.58. The summed E-state index contributed by atoms with van der Waals surface area (Å²) in [4.78, 5) is 21.3. The van der Waals surface area contributed by atoms with Gasteiger partial charge in [-0.2, -0.15) is 25.8 Å². The van der Waals surface area contributed by atoms with Gasteiger partial charge in [-0.3, -0.25) is 9.20 Å². The minimum atomic E-state index is -4.29. The lowest BCUT2D eigenvalue weighted by molar-refractivity contribution is -0.131. The second kappa shape index (κ2) is 11.2. The van der Waals surface area contributed by atoms with E-state index >= 15 is 0 Å². The van der Waals surface area contributed by atoms with Gasteiger partial charge < -0.3 is 16.0 Å². The Kier molecular flexibility index (Phi) is 8.06. The highest BCUT2D eigenvalue weighted by Crippen LogP contribution is 2.27. The molecule has 0 saturated heterocycles. The molecule has 3 N–H and O–H groups in total. The third kappa shape index (κ3) is 6.71. The van der Waals surface area contributed by atoms with Crippen molar-refractivity contribution in [2.24, 2.45) is 0 Å². The van der Waals surface area contributed by atoms with Gasteiger partial charge >= 0.3 is 6.18 Å². The van der Waals surface area contributed by atoms with Crippen molar-refractivity contribution >= 4 is 30.0 Å². The van der Waals surface area contributed by atoms with E-state index in [1.165, 1.54) is 0 Å². The number of benzene rings is 1. The summed E-state index contributed by atoms with van der Waals surface area (Å²) in [6, 6.07) is 5.77. The van der Waals surface area contributed by atoms with Gasteiger partial charge in [0, 0.05) is 42.2 Å². The summed E-state index contributed by atoms with van der Waals surface area (Å²) in [6.45, 7) is 2.67. The van der Waals surface area contributed by atoms with E-state index < -0.39 is 12.6 Å². The number of aryl methyl sites for hydroxylation is 1. The fourth-order valence-corrected chi connectivity index (χ4v) is 3.79. The maximum Gasteiger partial charge on any atom is 0.390 e. The molecule has 3 aromatic rings. The fourth-order valence-electron chi connectivity index (χ4n) is 3.64. The van der Waals surface area contributed by atoms with E-state index in [0.717, 1.165) is 24.0 Å². The van der Waals surface area contributed by atoms with Crippen molar-refractivity contribution in [2.75, 3.05) is 30.7 Å². The van der Waals surface area contributed by atoms with Gasteiger partial charge in [0.15, 0.2) is 11.5 Å². The summed E-state index contributed by atoms with van der Waals surface area (Å²) < 4.78 is 39.9. The first-order valence-electron chi connectivity index (χ1n) is 11.7. The molecule has 0 spiro atoms. The van der Waals surface area contributed by atoms with Gasteiger partial charge in [-0.05, 0) is 43.4 Å². The average Bonchev–Trinajstić information content (AvgIpc) is 3.53. The summed E-state index contributed by atoms with van der Waals surface area (Å²) in [7, 11) is 0. The Morgan fingerprint density at radius 2 is 2.08 bits per heavy atom. The lowest BCUT2D eigenvalue weighted by atomic mass is 10.0. The molecule has 2 aromatic heterocycles. The predicted molar refractivity (Wildman–Crippen MR) is 136 cm³/mol. The number of thiol groups is 1. The molecule has 4 rings (SSSR count). The first-order valence-corrected chi connectivity index (χ1v) is 12.3. The number of anilines is 1. The van der Waals surface area contributed by atoms with E-state index in [4.69, 9.17) is 0 Å². The molecule has 7 nitrogen and oxygen atoms in total. The summed E-state index contributed by atoms with van der Waals surface area (Å²) >= 11 is 4.14. The van der Waals surface area contributed by atoms with Gasteiger partial charge in [-0.1, -0.05) is 12.0 Å². The van der Waals surface area contributed by atoms with Gasteiger partial charge in [0.25, 0.3) is 5.91 Å². The topological polar surface area (TPSA) is 83.3 Å². The van der Waals surface area contributed by atoms with Crippen LogP contribution in [0, 0.1) is 18.8 Å². The summed E-state index contributed by atoms with van der Waals surface area (Å²) in [6.07, 6.45) is 0.0764. The van der Waals surface area contributed by atoms with Crippen molar-refractivity contribution < 1.29 is 18.0 Å². The van der Waals surface area contributed by atoms with Gasteiger partial charge in [-0.15, -0.1) is 0 Å². The quantitative estimate of drug-likeness (QED) is 0.197. The van der Waals surface area contributed by atoms with Crippen molar-refractivity contribution in [1.82, 2.24) is 25.0 Å². The maximum absolute atomic E-state index is 12.7. The van der Waals surface area contributed by atoms with Crippen molar-refractivity contribution in [2.45, 2.75) is 38.4 Å². The van der Waals surface area contributed by atoms with E-state index in [-0.39, 0.29) is 24.3 Å². The summed E-state index contributed by atoms with van der Waals surface area (Å²) in [5.41, 5.74) is 3.72. The fraction of sp³-hybridized carbons (Fsp3) is 0.400. The number of hydrogen-bond acceptors (Lipinski definition) is 6. The van der Waals surface area contributed by atoms with Crippen LogP contribution in [0.25, 0.3) is 16.9 Å². The van der Waals surface area contributed by atoms with Crippen LogP contribution in [0.4, 0.5) is 19.0 Å². The number of imidazole rings is 1. The predicted octanol–water partition coefficient (Wildman–Crippen LogP) is 3.83. The zero-order valence-corrected chi connectivity index (χ0v) is 20.6. The number of carbonyl (C=O) groups is 1. The molecule has 1 saturated carbocycles. The van der Waals surface area contributed by atoms with Crippen LogP contribution in [0.2, 0.25) is 0 Å². The van der Waals surface area contributed by atoms with Crippen LogP contribution in [0.3, 0.4) is 0 Å². The zero-order chi connectivity index (χ0) is 25.7. The molecule has 36 heavy (non-hydrogen) atoms. The van der Waals surface area contributed by atoms with Gasteiger partial charge in [0.1, 0.15) is 5.69 Å². The van der Waals surface area contributed by atoms with Crippen LogP contribution in [-0.2, 0) is 0 Å². The van der Waals surface area contributed by atoms with Crippen LogP contribution in [0.5, 0.6) is 0 Å². The Labute approximate surface area is 212 Å². The number of fused-ring (bicyclic) bond motifs is 1. The Morgan fingerprint density at radius 3 is 2.78 bits per heavy atom. The third-order valence-corrected chi connectivity index (χ3v) is 5.81. The minimum absolute atomic E-state index is 0.0934. The van der Waals surface area contributed by atoms with Gasteiger partial charge in [-0.25, -0.2) is 9.97 Å². The molecular weight excluding hydrogens is 489 g/mol. The van der Waals surface area contributed by atoms with Crippen molar-refractivity contribution in [1.29, 1.82) is 0 Å². The molecule has 1 amide bonds. The van der Waals surface area contributed by atoms with Crippen LogP contribution >= 0.6 is 12.6 Å². The highest BCUT2D eigenvalue weighted by atomic mass is 32.1. The van der Waals surface area contributed by atoms with E-state index in [2.05, 4.69) is 50.4 Å². The lowest BCUT2D eigenvalue weighted by Gasteiger charge is -2.11. The standard InChI is InChI=1S/C25H27F3N6OS/c1-16-13-17(4-7-20(16)24(35)33-18-5-6-18)21-14-31-23-22(30-10-8-25(26,27)28)32-19(15-34(21)23)3-2-9-29-11-12-36/h4,7,13-15,18,29,36H,5-6,8-12H2,1H3,(H,30,32)(H,33,35). The normalized spacial score (nSPS) is 13.4. The van der Waals surface area contributed by atoms with E-state index in [1.807, 2.05) is 19.1 Å². The number of halogens is 3. The average molecular weight is 517 g/mol. The minimum Gasteiger partial charge on any atom is -0.367 e. The Balaban J connectivity index is 1.66. The number of amides is 1. The van der Waals surface area contributed by atoms with E-state index in [9.17, 15) is 18.0 Å². The number of rotatable bonds is 9. The van der Waals surface area contributed by atoms with Crippen molar-refractivity contribution in [3.05, 3.63) is 47.4 Å². The molecule has 0 bridgehead atoms. The monoisotopic (exact) mass is 516 g/mol. The molecule has 1 fully saturated rings. The number of nitrogens with one attached hydrogen (secondary N) is 3. The largest absolute Gasteiger partial charge is 0.390 e. The smallest absolute Gasteiger partial charge is 0.367 e. The molecule has 2 heterocycles. The van der Waals surface area contributed by atoms with E-state index in [0.29, 0.717) is 41.4 Å².